The first-order valence-electron chi connectivity index (χ1n) is 12.4. The highest BCUT2D eigenvalue weighted by atomic mass is 35.5. The van der Waals surface area contributed by atoms with Crippen LogP contribution in [0.25, 0.3) is 11.4 Å². The Morgan fingerprint density at radius 2 is 1.97 bits per heavy atom. The molecule has 0 spiro atoms. The molecule has 8 nitrogen and oxygen atoms in total. The largest absolute Gasteiger partial charge is 0.380 e. The number of carbonyl (C=O) groups is 1. The molecular formula is C27H34ClN5O3. The van der Waals surface area contributed by atoms with Crippen molar-refractivity contribution in [2.45, 2.75) is 51.7 Å². The molecule has 192 valence electrons. The highest BCUT2D eigenvalue weighted by molar-refractivity contribution is 6.30. The van der Waals surface area contributed by atoms with E-state index in [4.69, 9.17) is 16.3 Å². The summed E-state index contributed by atoms with van der Waals surface area (Å²) in [7, 11) is 1.78. The molecule has 1 amide bonds. The molecule has 36 heavy (non-hydrogen) atoms. The molecule has 1 fully saturated rings. The molecule has 1 saturated heterocycles. The molecule has 1 aliphatic heterocycles. The van der Waals surface area contributed by atoms with Gasteiger partial charge in [-0.15, -0.1) is 5.10 Å². The lowest BCUT2D eigenvalue weighted by atomic mass is 10.1. The van der Waals surface area contributed by atoms with Gasteiger partial charge >= 0.3 is 5.69 Å². The summed E-state index contributed by atoms with van der Waals surface area (Å²) in [5.41, 5.74) is 2.06. The van der Waals surface area contributed by atoms with Crippen LogP contribution in [0.15, 0.2) is 53.3 Å². The minimum Gasteiger partial charge on any atom is -0.380 e. The predicted octanol–water partition coefficient (Wildman–Crippen LogP) is 3.40. The molecule has 0 radical (unpaired) electrons. The number of hydrogen-bond acceptors (Lipinski definition) is 5. The number of nitrogens with zero attached hydrogens (tertiary/aromatic N) is 4. The fourth-order valence-corrected chi connectivity index (χ4v) is 4.77. The van der Waals surface area contributed by atoms with E-state index in [0.717, 1.165) is 38.9 Å². The third-order valence-corrected chi connectivity index (χ3v) is 6.61. The van der Waals surface area contributed by atoms with E-state index >= 15 is 0 Å². The van der Waals surface area contributed by atoms with E-state index in [-0.39, 0.29) is 24.1 Å². The maximum atomic E-state index is 13.5. The number of piperidine rings is 1. The van der Waals surface area contributed by atoms with Gasteiger partial charge in [-0.2, -0.15) is 4.68 Å². The van der Waals surface area contributed by atoms with Gasteiger partial charge in [-0.1, -0.05) is 29.8 Å². The molecule has 2 aromatic carbocycles. The first kappa shape index (κ1) is 26.1. The summed E-state index contributed by atoms with van der Waals surface area (Å²) in [4.78, 5) is 28.4. The topological polar surface area (TPSA) is 81.4 Å². The first-order valence-corrected chi connectivity index (χ1v) is 12.8. The van der Waals surface area contributed by atoms with Crippen molar-refractivity contribution in [1.29, 1.82) is 0 Å². The van der Waals surface area contributed by atoms with E-state index in [1.165, 1.54) is 14.8 Å². The van der Waals surface area contributed by atoms with Crippen molar-refractivity contribution in [2.75, 3.05) is 26.7 Å². The van der Waals surface area contributed by atoms with Crippen LogP contribution < -0.4 is 11.0 Å². The van der Waals surface area contributed by atoms with Crippen LogP contribution in [0.1, 0.15) is 38.1 Å². The van der Waals surface area contributed by atoms with Crippen molar-refractivity contribution < 1.29 is 9.53 Å². The van der Waals surface area contributed by atoms with Crippen molar-refractivity contribution in [3.05, 3.63) is 75.4 Å². The SMILES string of the molecule is COC1CCCN(CCc2ccc(-n3nc(CC(=O)NC(C)C)n(-c4cccc(Cl)c4)c3=O)cc2)C1. The van der Waals surface area contributed by atoms with Crippen LogP contribution in [-0.4, -0.2) is 64.0 Å². The standard InChI is InChI=1S/C27H34ClN5O3/c1-19(2)29-26(34)17-25-30-33(27(35)32(25)23-7-4-6-21(28)16-23)22-11-9-20(10-12-22)13-15-31-14-5-8-24(18-31)36-3/h4,6-7,9-12,16,19,24H,5,8,13-15,17-18H2,1-3H3,(H,29,34). The molecule has 1 atom stereocenters. The molecule has 1 aromatic heterocycles. The number of halogens is 1. The lowest BCUT2D eigenvalue weighted by Gasteiger charge is -2.31. The Hall–Kier alpha value is -2.94. The second-order valence-electron chi connectivity index (χ2n) is 9.54. The zero-order valence-electron chi connectivity index (χ0n) is 21.1. The van der Waals surface area contributed by atoms with Crippen molar-refractivity contribution in [3.8, 4) is 11.4 Å². The Morgan fingerprint density at radius 1 is 1.19 bits per heavy atom. The Balaban J connectivity index is 1.56. The van der Waals surface area contributed by atoms with Gasteiger partial charge < -0.3 is 15.0 Å². The number of carbonyl (C=O) groups excluding carboxylic acids is 1. The van der Waals surface area contributed by atoms with Crippen molar-refractivity contribution in [1.82, 2.24) is 24.6 Å². The molecule has 1 N–H and O–H groups in total. The summed E-state index contributed by atoms with van der Waals surface area (Å²) in [5.74, 6) is 0.150. The van der Waals surface area contributed by atoms with Gasteiger partial charge in [-0.3, -0.25) is 4.79 Å². The lowest BCUT2D eigenvalue weighted by Crippen LogP contribution is -2.40. The maximum Gasteiger partial charge on any atom is 0.355 e. The van der Waals surface area contributed by atoms with E-state index in [1.807, 2.05) is 38.1 Å². The number of hydrogen-bond donors (Lipinski definition) is 1. The summed E-state index contributed by atoms with van der Waals surface area (Å²) in [6, 6.07) is 14.8. The van der Waals surface area contributed by atoms with E-state index < -0.39 is 0 Å². The van der Waals surface area contributed by atoms with Gasteiger partial charge in [0.05, 0.1) is 23.9 Å². The molecule has 0 saturated carbocycles. The van der Waals surface area contributed by atoms with Crippen LogP contribution in [-0.2, 0) is 22.4 Å². The van der Waals surface area contributed by atoms with Gasteiger partial charge in [0.25, 0.3) is 0 Å². The molecule has 0 aliphatic carbocycles. The van der Waals surface area contributed by atoms with Crippen LogP contribution in [0, 0.1) is 0 Å². The smallest absolute Gasteiger partial charge is 0.355 e. The summed E-state index contributed by atoms with van der Waals surface area (Å²) >= 11 is 6.18. The minimum absolute atomic E-state index is 0.0104. The zero-order valence-corrected chi connectivity index (χ0v) is 21.9. The first-order chi connectivity index (χ1) is 17.3. The van der Waals surface area contributed by atoms with Crippen LogP contribution in [0.4, 0.5) is 0 Å². The quantitative estimate of drug-likeness (QED) is 0.476. The lowest BCUT2D eigenvalue weighted by molar-refractivity contribution is -0.121. The predicted molar refractivity (Wildman–Crippen MR) is 141 cm³/mol. The number of likely N-dealkylation sites (tertiary alicyclic amines) is 1. The number of aromatic nitrogens is 3. The summed E-state index contributed by atoms with van der Waals surface area (Å²) in [5, 5.41) is 7.90. The van der Waals surface area contributed by atoms with Crippen molar-refractivity contribution in [3.63, 3.8) is 0 Å². The second-order valence-corrected chi connectivity index (χ2v) is 9.98. The number of nitrogens with one attached hydrogen (secondary N) is 1. The van der Waals surface area contributed by atoms with E-state index in [9.17, 15) is 9.59 Å². The normalized spacial score (nSPS) is 16.4. The fourth-order valence-electron chi connectivity index (χ4n) is 4.58. The second kappa shape index (κ2) is 11.9. The molecule has 9 heteroatoms. The number of methoxy groups -OCH3 is 1. The van der Waals surface area contributed by atoms with Gasteiger partial charge in [-0.25, -0.2) is 9.36 Å². The Morgan fingerprint density at radius 3 is 2.67 bits per heavy atom. The average Bonchev–Trinajstić information content (AvgIpc) is 3.18. The fraction of sp³-hybridized carbons (Fsp3) is 0.444. The summed E-state index contributed by atoms with van der Waals surface area (Å²) in [6.45, 7) is 6.82. The van der Waals surface area contributed by atoms with Gasteiger partial charge in [0, 0.05) is 31.3 Å². The monoisotopic (exact) mass is 511 g/mol. The summed E-state index contributed by atoms with van der Waals surface area (Å²) < 4.78 is 8.32. The van der Waals surface area contributed by atoms with Crippen LogP contribution in [0.2, 0.25) is 5.02 Å². The van der Waals surface area contributed by atoms with E-state index in [2.05, 4.69) is 15.3 Å². The van der Waals surface area contributed by atoms with Crippen LogP contribution in [0.3, 0.4) is 0 Å². The Labute approximate surface area is 216 Å². The van der Waals surface area contributed by atoms with Gasteiger partial charge in [0.15, 0.2) is 0 Å². The minimum atomic E-state index is -0.351. The Bertz CT molecular complexity index is 1230. The highest BCUT2D eigenvalue weighted by Crippen LogP contribution is 2.17. The molecule has 4 rings (SSSR count). The Kier molecular flexibility index (Phi) is 8.61. The molecule has 1 unspecified atom stereocenters. The van der Waals surface area contributed by atoms with Gasteiger partial charge in [0.2, 0.25) is 5.91 Å². The third-order valence-electron chi connectivity index (χ3n) is 6.37. The van der Waals surface area contributed by atoms with Crippen LogP contribution in [0.5, 0.6) is 0 Å². The molecular weight excluding hydrogens is 478 g/mol. The molecule has 2 heterocycles. The van der Waals surface area contributed by atoms with Crippen molar-refractivity contribution in [2.24, 2.45) is 0 Å². The molecule has 3 aromatic rings. The van der Waals surface area contributed by atoms with Crippen LogP contribution >= 0.6 is 11.6 Å². The summed E-state index contributed by atoms with van der Waals surface area (Å²) in [6.07, 6.45) is 3.50. The van der Waals surface area contributed by atoms with E-state index in [0.29, 0.717) is 28.3 Å². The molecule has 1 aliphatic rings. The highest BCUT2D eigenvalue weighted by Gasteiger charge is 2.20. The van der Waals surface area contributed by atoms with E-state index in [1.54, 1.807) is 31.4 Å². The number of ether oxygens (including phenoxy) is 1. The van der Waals surface area contributed by atoms with Gasteiger partial charge in [-0.05, 0) is 75.5 Å². The average molecular weight is 512 g/mol. The van der Waals surface area contributed by atoms with Gasteiger partial charge in [0.1, 0.15) is 5.82 Å². The maximum absolute atomic E-state index is 13.5. The number of benzene rings is 2. The van der Waals surface area contributed by atoms with Crippen molar-refractivity contribution >= 4 is 17.5 Å². The third kappa shape index (κ3) is 6.43. The zero-order chi connectivity index (χ0) is 25.7. The molecule has 0 bridgehead atoms. The number of rotatable bonds is 9. The number of amides is 1.